The summed E-state index contributed by atoms with van der Waals surface area (Å²) in [4.78, 5) is 14.4. The molecule has 1 amide bonds. The highest BCUT2D eigenvalue weighted by Crippen LogP contribution is 2.32. The van der Waals surface area contributed by atoms with Crippen molar-refractivity contribution in [3.8, 4) is 5.75 Å². The van der Waals surface area contributed by atoms with E-state index in [1.807, 2.05) is 61.5 Å². The van der Waals surface area contributed by atoms with E-state index in [4.69, 9.17) is 0 Å². The number of nitrogens with one attached hydrogen (secondary N) is 1. The smallest absolute Gasteiger partial charge is 0.283 e. The van der Waals surface area contributed by atoms with Gasteiger partial charge in [0, 0.05) is 17.3 Å². The normalized spacial score (nSPS) is 15.4. The van der Waals surface area contributed by atoms with E-state index in [1.165, 1.54) is 5.56 Å². The van der Waals surface area contributed by atoms with Crippen LogP contribution in [0.5, 0.6) is 5.75 Å². The van der Waals surface area contributed by atoms with Gasteiger partial charge in [0.2, 0.25) is 0 Å². The number of carbonyl (C=O) groups is 1. The SMILES string of the molecule is CCc1ccc(N2C=C(C)/C(=N/Nc3ccc4ccccc4c3O)C2=O)cc1. The standard InChI is InChI=1S/C23H21N3O2/c1-3-16-8-11-18(12-9-16)26-14-15(2)21(23(26)28)25-24-20-13-10-17-6-4-5-7-19(17)22(20)27/h4-14,24,27H,3H2,1-2H3/b25-21-. The minimum Gasteiger partial charge on any atom is -0.505 e. The van der Waals surface area contributed by atoms with Crippen molar-refractivity contribution in [3.63, 3.8) is 0 Å². The summed E-state index contributed by atoms with van der Waals surface area (Å²) in [5, 5.41) is 16.4. The van der Waals surface area contributed by atoms with Gasteiger partial charge in [0.05, 0.1) is 5.69 Å². The molecule has 4 rings (SSSR count). The molecule has 3 aromatic rings. The first-order valence-corrected chi connectivity index (χ1v) is 9.24. The van der Waals surface area contributed by atoms with E-state index >= 15 is 0 Å². The quantitative estimate of drug-likeness (QED) is 0.510. The molecule has 5 heteroatoms. The first-order chi connectivity index (χ1) is 13.6. The number of phenols is 1. The molecular weight excluding hydrogens is 350 g/mol. The number of hydrogen-bond donors (Lipinski definition) is 2. The fourth-order valence-corrected chi connectivity index (χ4v) is 3.28. The Kier molecular flexibility index (Phi) is 4.57. The van der Waals surface area contributed by atoms with Crippen LogP contribution in [0.4, 0.5) is 11.4 Å². The zero-order valence-electron chi connectivity index (χ0n) is 15.8. The average Bonchev–Trinajstić information content (AvgIpc) is 3.01. The van der Waals surface area contributed by atoms with Crippen molar-refractivity contribution in [3.05, 3.63) is 78.0 Å². The lowest BCUT2D eigenvalue weighted by molar-refractivity contribution is -0.111. The van der Waals surface area contributed by atoms with Gasteiger partial charge in [-0.2, -0.15) is 5.10 Å². The lowest BCUT2D eigenvalue weighted by Crippen LogP contribution is -2.26. The van der Waals surface area contributed by atoms with E-state index < -0.39 is 0 Å². The molecule has 0 fully saturated rings. The highest BCUT2D eigenvalue weighted by Gasteiger charge is 2.28. The third-order valence-corrected chi connectivity index (χ3v) is 4.93. The number of phenolic OH excluding ortho intramolecular Hbond substituents is 1. The third-order valence-electron chi connectivity index (χ3n) is 4.93. The molecule has 0 spiro atoms. The number of nitrogens with zero attached hydrogens (tertiary/aromatic N) is 2. The van der Waals surface area contributed by atoms with Crippen molar-refractivity contribution in [2.75, 3.05) is 10.3 Å². The molecule has 3 aromatic carbocycles. The second kappa shape index (κ2) is 7.19. The number of anilines is 2. The lowest BCUT2D eigenvalue weighted by Gasteiger charge is -2.14. The Bertz CT molecular complexity index is 1110. The van der Waals surface area contributed by atoms with Crippen LogP contribution in [0.25, 0.3) is 10.8 Å². The van der Waals surface area contributed by atoms with E-state index in [0.29, 0.717) is 11.4 Å². The molecule has 2 N–H and O–H groups in total. The fraction of sp³-hybridized carbons (Fsp3) is 0.130. The third kappa shape index (κ3) is 3.11. The predicted molar refractivity (Wildman–Crippen MR) is 114 cm³/mol. The molecule has 1 aliphatic heterocycles. The van der Waals surface area contributed by atoms with Crippen LogP contribution in [0.15, 0.2) is 77.5 Å². The molecule has 0 saturated carbocycles. The van der Waals surface area contributed by atoms with Gasteiger partial charge in [0.15, 0.2) is 5.71 Å². The maximum atomic E-state index is 12.8. The molecule has 0 unspecified atom stereocenters. The van der Waals surface area contributed by atoms with Crippen molar-refractivity contribution in [1.29, 1.82) is 0 Å². The van der Waals surface area contributed by atoms with Crippen LogP contribution in [0.3, 0.4) is 0 Å². The summed E-state index contributed by atoms with van der Waals surface area (Å²) in [6.07, 6.45) is 2.74. The Morgan fingerprint density at radius 3 is 2.54 bits per heavy atom. The van der Waals surface area contributed by atoms with Crippen molar-refractivity contribution in [1.82, 2.24) is 0 Å². The summed E-state index contributed by atoms with van der Waals surface area (Å²) >= 11 is 0. The largest absolute Gasteiger partial charge is 0.505 e. The van der Waals surface area contributed by atoms with Crippen LogP contribution < -0.4 is 10.3 Å². The molecule has 1 heterocycles. The van der Waals surface area contributed by atoms with Crippen LogP contribution in [0.1, 0.15) is 19.4 Å². The second-order valence-corrected chi connectivity index (χ2v) is 6.76. The van der Waals surface area contributed by atoms with E-state index in [2.05, 4.69) is 17.5 Å². The van der Waals surface area contributed by atoms with Gasteiger partial charge < -0.3 is 5.11 Å². The summed E-state index contributed by atoms with van der Waals surface area (Å²) in [7, 11) is 0. The van der Waals surface area contributed by atoms with Crippen LogP contribution in [0, 0.1) is 0 Å². The number of hydrogen-bond acceptors (Lipinski definition) is 4. The topological polar surface area (TPSA) is 64.9 Å². The lowest BCUT2D eigenvalue weighted by atomic mass is 10.1. The molecule has 0 saturated heterocycles. The Balaban J connectivity index is 1.59. The van der Waals surface area contributed by atoms with Crippen molar-refractivity contribution in [2.45, 2.75) is 20.3 Å². The molecule has 5 nitrogen and oxygen atoms in total. The Labute approximate surface area is 163 Å². The zero-order chi connectivity index (χ0) is 19.7. The first kappa shape index (κ1) is 17.8. The molecule has 0 aromatic heterocycles. The van der Waals surface area contributed by atoms with Gasteiger partial charge in [-0.15, -0.1) is 0 Å². The summed E-state index contributed by atoms with van der Waals surface area (Å²) in [5.74, 6) is -0.0870. The molecule has 28 heavy (non-hydrogen) atoms. The molecule has 0 aliphatic carbocycles. The Morgan fingerprint density at radius 1 is 1.04 bits per heavy atom. The van der Waals surface area contributed by atoms with Gasteiger partial charge >= 0.3 is 0 Å². The summed E-state index contributed by atoms with van der Waals surface area (Å²) in [6.45, 7) is 3.94. The number of rotatable bonds is 4. The minimum atomic E-state index is -0.200. The molecule has 140 valence electrons. The summed E-state index contributed by atoms with van der Waals surface area (Å²) in [5.41, 5.74) is 6.42. The molecule has 0 radical (unpaired) electrons. The van der Waals surface area contributed by atoms with Gasteiger partial charge in [-0.3, -0.25) is 15.1 Å². The van der Waals surface area contributed by atoms with Crippen molar-refractivity contribution >= 4 is 33.8 Å². The zero-order valence-corrected chi connectivity index (χ0v) is 15.8. The predicted octanol–water partition coefficient (Wildman–Crippen LogP) is 4.83. The first-order valence-electron chi connectivity index (χ1n) is 9.24. The summed E-state index contributed by atoms with van der Waals surface area (Å²) in [6, 6.07) is 19.1. The number of fused-ring (bicyclic) bond motifs is 1. The van der Waals surface area contributed by atoms with Crippen molar-refractivity contribution < 1.29 is 9.90 Å². The van der Waals surface area contributed by atoms with Gasteiger partial charge in [-0.1, -0.05) is 49.4 Å². The fourth-order valence-electron chi connectivity index (χ4n) is 3.28. The van der Waals surface area contributed by atoms with Crippen molar-refractivity contribution in [2.24, 2.45) is 5.10 Å². The van der Waals surface area contributed by atoms with E-state index in [1.54, 1.807) is 17.2 Å². The van der Waals surface area contributed by atoms with E-state index in [0.717, 1.165) is 28.5 Å². The number of aromatic hydroxyl groups is 1. The Hall–Kier alpha value is -3.60. The van der Waals surface area contributed by atoms with Gasteiger partial charge in [-0.25, -0.2) is 0 Å². The Morgan fingerprint density at radius 2 is 1.79 bits per heavy atom. The second-order valence-electron chi connectivity index (χ2n) is 6.76. The van der Waals surface area contributed by atoms with E-state index in [-0.39, 0.29) is 11.7 Å². The molecule has 0 atom stereocenters. The number of aryl methyl sites for hydroxylation is 1. The number of benzene rings is 3. The maximum absolute atomic E-state index is 12.8. The molecular formula is C23H21N3O2. The monoisotopic (exact) mass is 371 g/mol. The van der Waals surface area contributed by atoms with Crippen LogP contribution in [-0.2, 0) is 11.2 Å². The maximum Gasteiger partial charge on any atom is 0.283 e. The minimum absolute atomic E-state index is 0.113. The van der Waals surface area contributed by atoms with Gasteiger partial charge in [0.1, 0.15) is 5.75 Å². The van der Waals surface area contributed by atoms with Crippen LogP contribution in [0.2, 0.25) is 0 Å². The van der Waals surface area contributed by atoms with Gasteiger partial charge in [-0.05, 0) is 48.1 Å². The molecule has 1 aliphatic rings. The number of carbonyl (C=O) groups excluding carboxylic acids is 1. The van der Waals surface area contributed by atoms with Crippen LogP contribution >= 0.6 is 0 Å². The summed E-state index contributed by atoms with van der Waals surface area (Å²) < 4.78 is 0. The van der Waals surface area contributed by atoms with Gasteiger partial charge in [0.25, 0.3) is 5.91 Å². The van der Waals surface area contributed by atoms with E-state index in [9.17, 15) is 9.90 Å². The average molecular weight is 371 g/mol. The number of amides is 1. The molecule has 0 bridgehead atoms. The highest BCUT2D eigenvalue weighted by atomic mass is 16.3. The van der Waals surface area contributed by atoms with Crippen LogP contribution in [-0.4, -0.2) is 16.7 Å². The highest BCUT2D eigenvalue weighted by molar-refractivity contribution is 6.52. The number of hydrazone groups is 1.